The third-order valence-electron chi connectivity index (χ3n) is 3.51. The molecule has 0 aromatic carbocycles. The van der Waals surface area contributed by atoms with Crippen molar-refractivity contribution in [3.05, 3.63) is 17.8 Å². The van der Waals surface area contributed by atoms with Crippen LogP contribution in [0, 0.1) is 0 Å². The lowest BCUT2D eigenvalue weighted by atomic mass is 10.2. The normalized spacial score (nSPS) is 16.2. The highest BCUT2D eigenvalue weighted by Gasteiger charge is 2.20. The summed E-state index contributed by atoms with van der Waals surface area (Å²) in [5.41, 5.74) is 6.88. The standard InChI is InChI=1S/C14H22N4O2/c1-3-6-17-7-9-18(10-8-17)13-11(15)4-5-12(16-13)14(19)20-2/h4-5H,3,6-10,15H2,1-2H3. The number of carbonyl (C=O) groups is 1. The van der Waals surface area contributed by atoms with Crippen LogP contribution in [-0.4, -0.2) is 55.7 Å². The number of nitrogens with two attached hydrogens (primary N) is 1. The molecular weight excluding hydrogens is 256 g/mol. The number of piperazine rings is 1. The minimum Gasteiger partial charge on any atom is -0.464 e. The number of nitrogens with zero attached hydrogens (tertiary/aromatic N) is 3. The van der Waals surface area contributed by atoms with Crippen LogP contribution in [-0.2, 0) is 4.74 Å². The summed E-state index contributed by atoms with van der Waals surface area (Å²) in [6.07, 6.45) is 1.16. The molecule has 0 aliphatic carbocycles. The number of rotatable bonds is 4. The van der Waals surface area contributed by atoms with Crippen LogP contribution in [0.2, 0.25) is 0 Å². The second kappa shape index (κ2) is 6.56. The van der Waals surface area contributed by atoms with Crippen LogP contribution in [0.15, 0.2) is 12.1 Å². The fourth-order valence-electron chi connectivity index (χ4n) is 2.43. The van der Waals surface area contributed by atoms with Gasteiger partial charge in [0.25, 0.3) is 0 Å². The van der Waals surface area contributed by atoms with Crippen LogP contribution in [0.5, 0.6) is 0 Å². The summed E-state index contributed by atoms with van der Waals surface area (Å²) in [6, 6.07) is 3.31. The second-order valence-electron chi connectivity index (χ2n) is 4.93. The molecule has 0 bridgehead atoms. The molecule has 2 rings (SSSR count). The summed E-state index contributed by atoms with van der Waals surface area (Å²) in [7, 11) is 1.35. The fraction of sp³-hybridized carbons (Fsp3) is 0.571. The molecule has 1 aliphatic rings. The maximum Gasteiger partial charge on any atom is 0.356 e. The number of carbonyl (C=O) groups excluding carboxylic acids is 1. The van der Waals surface area contributed by atoms with Gasteiger partial charge in [-0.1, -0.05) is 6.92 Å². The first kappa shape index (κ1) is 14.6. The third-order valence-corrected chi connectivity index (χ3v) is 3.51. The first-order chi connectivity index (χ1) is 9.65. The van der Waals surface area contributed by atoms with Crippen molar-refractivity contribution in [2.24, 2.45) is 0 Å². The molecular formula is C14H22N4O2. The zero-order valence-corrected chi connectivity index (χ0v) is 12.1. The molecule has 2 heterocycles. The minimum absolute atomic E-state index is 0.299. The van der Waals surface area contributed by atoms with Gasteiger partial charge in [0.05, 0.1) is 12.8 Å². The molecule has 0 unspecified atom stereocenters. The van der Waals surface area contributed by atoms with Crippen molar-refractivity contribution in [3.63, 3.8) is 0 Å². The number of pyridine rings is 1. The van der Waals surface area contributed by atoms with Gasteiger partial charge < -0.3 is 15.4 Å². The van der Waals surface area contributed by atoms with E-state index < -0.39 is 5.97 Å². The van der Waals surface area contributed by atoms with E-state index in [1.54, 1.807) is 12.1 Å². The Balaban J connectivity index is 2.11. The number of aromatic nitrogens is 1. The van der Waals surface area contributed by atoms with Gasteiger partial charge in [-0.15, -0.1) is 0 Å². The Hall–Kier alpha value is -1.82. The van der Waals surface area contributed by atoms with Gasteiger partial charge in [-0.3, -0.25) is 4.90 Å². The van der Waals surface area contributed by atoms with E-state index in [1.165, 1.54) is 7.11 Å². The molecule has 2 N–H and O–H groups in total. The predicted octanol–water partition coefficient (Wildman–Crippen LogP) is 0.982. The van der Waals surface area contributed by atoms with Crippen molar-refractivity contribution in [2.45, 2.75) is 13.3 Å². The first-order valence-corrected chi connectivity index (χ1v) is 6.97. The van der Waals surface area contributed by atoms with Crippen LogP contribution in [0.1, 0.15) is 23.8 Å². The predicted molar refractivity (Wildman–Crippen MR) is 78.9 cm³/mol. The SMILES string of the molecule is CCCN1CCN(c2nc(C(=O)OC)ccc2N)CC1. The number of esters is 1. The summed E-state index contributed by atoms with van der Waals surface area (Å²) in [6.45, 7) is 7.06. The third kappa shape index (κ3) is 3.19. The van der Waals surface area contributed by atoms with Gasteiger partial charge in [0.15, 0.2) is 11.5 Å². The Morgan fingerprint density at radius 2 is 2.05 bits per heavy atom. The van der Waals surface area contributed by atoms with Crippen LogP contribution in [0.3, 0.4) is 0 Å². The summed E-state index contributed by atoms with van der Waals surface area (Å²) in [4.78, 5) is 20.5. The van der Waals surface area contributed by atoms with E-state index in [0.717, 1.165) is 39.1 Å². The van der Waals surface area contributed by atoms with Crippen molar-refractivity contribution in [3.8, 4) is 0 Å². The molecule has 110 valence electrons. The Labute approximate surface area is 119 Å². The topological polar surface area (TPSA) is 71.7 Å². The van der Waals surface area contributed by atoms with Crippen LogP contribution >= 0.6 is 0 Å². The number of hydrogen-bond donors (Lipinski definition) is 1. The van der Waals surface area contributed by atoms with E-state index in [4.69, 9.17) is 10.5 Å². The fourth-order valence-corrected chi connectivity index (χ4v) is 2.43. The molecule has 1 aliphatic heterocycles. The smallest absolute Gasteiger partial charge is 0.356 e. The highest BCUT2D eigenvalue weighted by atomic mass is 16.5. The van der Waals surface area contributed by atoms with Gasteiger partial charge in [0.1, 0.15) is 0 Å². The number of methoxy groups -OCH3 is 1. The molecule has 1 saturated heterocycles. The number of hydrogen-bond acceptors (Lipinski definition) is 6. The van der Waals surface area contributed by atoms with Gasteiger partial charge in [-0.05, 0) is 25.1 Å². The van der Waals surface area contributed by atoms with Crippen molar-refractivity contribution < 1.29 is 9.53 Å². The van der Waals surface area contributed by atoms with Crippen molar-refractivity contribution in [1.29, 1.82) is 0 Å². The van der Waals surface area contributed by atoms with Crippen LogP contribution in [0.4, 0.5) is 11.5 Å². The molecule has 1 aromatic heterocycles. The molecule has 6 nitrogen and oxygen atoms in total. The highest BCUT2D eigenvalue weighted by molar-refractivity contribution is 5.88. The van der Waals surface area contributed by atoms with Gasteiger partial charge in [-0.25, -0.2) is 9.78 Å². The van der Waals surface area contributed by atoms with Crippen LogP contribution in [0.25, 0.3) is 0 Å². The number of ether oxygens (including phenoxy) is 1. The lowest BCUT2D eigenvalue weighted by Crippen LogP contribution is -2.47. The van der Waals surface area contributed by atoms with E-state index in [9.17, 15) is 4.79 Å². The number of nitrogen functional groups attached to an aromatic ring is 1. The Kier molecular flexibility index (Phi) is 4.79. The second-order valence-corrected chi connectivity index (χ2v) is 4.93. The number of anilines is 2. The molecule has 0 amide bonds. The summed E-state index contributed by atoms with van der Waals surface area (Å²) < 4.78 is 4.70. The maximum absolute atomic E-state index is 11.5. The Bertz CT molecular complexity index is 470. The van der Waals surface area contributed by atoms with Crippen molar-refractivity contribution >= 4 is 17.5 Å². The Morgan fingerprint density at radius 1 is 1.35 bits per heavy atom. The molecule has 0 atom stereocenters. The quantitative estimate of drug-likeness (QED) is 0.828. The van der Waals surface area contributed by atoms with Crippen molar-refractivity contribution in [1.82, 2.24) is 9.88 Å². The van der Waals surface area contributed by atoms with Gasteiger partial charge in [-0.2, -0.15) is 0 Å². The van der Waals surface area contributed by atoms with E-state index in [1.807, 2.05) is 0 Å². The largest absolute Gasteiger partial charge is 0.464 e. The average molecular weight is 278 g/mol. The zero-order chi connectivity index (χ0) is 14.5. The molecule has 20 heavy (non-hydrogen) atoms. The average Bonchev–Trinajstić information content (AvgIpc) is 2.48. The lowest BCUT2D eigenvalue weighted by molar-refractivity contribution is 0.0594. The molecule has 1 aromatic rings. The monoisotopic (exact) mass is 278 g/mol. The molecule has 0 saturated carbocycles. The lowest BCUT2D eigenvalue weighted by Gasteiger charge is -2.35. The summed E-state index contributed by atoms with van der Waals surface area (Å²) in [5.74, 6) is 0.250. The Morgan fingerprint density at radius 3 is 2.65 bits per heavy atom. The first-order valence-electron chi connectivity index (χ1n) is 6.97. The molecule has 6 heteroatoms. The minimum atomic E-state index is -0.434. The van der Waals surface area contributed by atoms with Gasteiger partial charge in [0.2, 0.25) is 0 Å². The van der Waals surface area contributed by atoms with E-state index in [-0.39, 0.29) is 0 Å². The highest BCUT2D eigenvalue weighted by Crippen LogP contribution is 2.22. The van der Waals surface area contributed by atoms with E-state index in [2.05, 4.69) is 21.7 Å². The zero-order valence-electron chi connectivity index (χ0n) is 12.1. The van der Waals surface area contributed by atoms with Gasteiger partial charge >= 0.3 is 5.97 Å². The summed E-state index contributed by atoms with van der Waals surface area (Å²) >= 11 is 0. The molecule has 1 fully saturated rings. The molecule has 0 spiro atoms. The molecule has 0 radical (unpaired) electrons. The van der Waals surface area contributed by atoms with Crippen LogP contribution < -0.4 is 10.6 Å². The maximum atomic E-state index is 11.5. The van der Waals surface area contributed by atoms with E-state index in [0.29, 0.717) is 17.2 Å². The van der Waals surface area contributed by atoms with Gasteiger partial charge in [0, 0.05) is 26.2 Å². The van der Waals surface area contributed by atoms with E-state index >= 15 is 0 Å². The summed E-state index contributed by atoms with van der Waals surface area (Å²) in [5, 5.41) is 0. The van der Waals surface area contributed by atoms with Crippen molar-refractivity contribution in [2.75, 3.05) is 50.5 Å².